The summed E-state index contributed by atoms with van der Waals surface area (Å²) in [4.78, 5) is 1.33. The van der Waals surface area contributed by atoms with E-state index < -0.39 is 0 Å². The van der Waals surface area contributed by atoms with Gasteiger partial charge in [0.2, 0.25) is 0 Å². The third-order valence-corrected chi connectivity index (χ3v) is 5.69. The summed E-state index contributed by atoms with van der Waals surface area (Å²) in [6.45, 7) is 0. The van der Waals surface area contributed by atoms with Crippen LogP contribution in [0.4, 0.5) is 0 Å². The molecule has 22 heavy (non-hydrogen) atoms. The number of rotatable bonds is 5. The predicted molar refractivity (Wildman–Crippen MR) is 98.6 cm³/mol. The molecule has 0 amide bonds. The molecule has 0 aliphatic heterocycles. The summed E-state index contributed by atoms with van der Waals surface area (Å²) in [6.07, 6.45) is 12.0. The molecule has 0 radical (unpaired) electrons. The summed E-state index contributed by atoms with van der Waals surface area (Å²) in [7, 11) is 0. The Hall–Kier alpha value is -1.21. The van der Waals surface area contributed by atoms with Gasteiger partial charge in [-0.3, -0.25) is 0 Å². The van der Waals surface area contributed by atoms with E-state index in [-0.39, 0.29) is 0 Å². The Balaban J connectivity index is 1.59. The molecular formula is C21H26S. The highest BCUT2D eigenvalue weighted by atomic mass is 32.2. The molecule has 1 aliphatic carbocycles. The zero-order valence-corrected chi connectivity index (χ0v) is 14.4. The molecule has 116 valence electrons. The van der Waals surface area contributed by atoms with Crippen molar-refractivity contribution in [3.05, 3.63) is 54.1 Å². The molecule has 0 N–H and O–H groups in total. The van der Waals surface area contributed by atoms with Crippen molar-refractivity contribution in [3.8, 4) is 11.1 Å². The molecule has 1 heteroatoms. The number of hydrogen-bond donors (Lipinski definition) is 0. The minimum atomic E-state index is 0.979. The normalized spacial score (nSPS) is 15.9. The quantitative estimate of drug-likeness (QED) is 0.561. The van der Waals surface area contributed by atoms with Crippen LogP contribution in [0, 0.1) is 5.92 Å². The van der Waals surface area contributed by atoms with Crippen molar-refractivity contribution in [2.45, 2.75) is 49.8 Å². The molecule has 0 unspecified atom stereocenters. The second kappa shape index (κ2) is 7.87. The fourth-order valence-electron chi connectivity index (χ4n) is 3.49. The molecule has 3 rings (SSSR count). The Bertz CT molecular complexity index is 562. The van der Waals surface area contributed by atoms with E-state index in [1.807, 2.05) is 0 Å². The fraction of sp³-hybridized carbons (Fsp3) is 0.429. The summed E-state index contributed by atoms with van der Waals surface area (Å²) in [6, 6.07) is 18.1. The topological polar surface area (TPSA) is 0 Å². The molecule has 2 aromatic carbocycles. The zero-order valence-electron chi connectivity index (χ0n) is 13.6. The monoisotopic (exact) mass is 310 g/mol. The SMILES string of the molecule is CSc1ccc(-c2ccc(CCC3CCCCC3)cc2)cc1. The lowest BCUT2D eigenvalue weighted by molar-refractivity contribution is 0.339. The molecule has 0 heterocycles. The van der Waals surface area contributed by atoms with Crippen LogP contribution in [0.3, 0.4) is 0 Å². The molecule has 0 nitrogen and oxygen atoms in total. The van der Waals surface area contributed by atoms with Gasteiger partial charge >= 0.3 is 0 Å². The van der Waals surface area contributed by atoms with Crippen molar-refractivity contribution in [1.29, 1.82) is 0 Å². The molecule has 0 atom stereocenters. The van der Waals surface area contributed by atoms with E-state index in [1.54, 1.807) is 11.8 Å². The summed E-state index contributed by atoms with van der Waals surface area (Å²) in [5.41, 5.74) is 4.14. The Morgan fingerprint density at radius 1 is 0.818 bits per heavy atom. The number of thioether (sulfide) groups is 1. The Kier molecular flexibility index (Phi) is 5.61. The van der Waals surface area contributed by atoms with Gasteiger partial charge in [-0.1, -0.05) is 68.5 Å². The standard InChI is InChI=1S/C21H26S/c1-22-21-15-13-20(14-16-21)19-11-9-18(10-12-19)8-7-17-5-3-2-4-6-17/h9-17H,2-8H2,1H3. The molecule has 2 aromatic rings. The molecule has 1 aliphatic rings. The van der Waals surface area contributed by atoms with E-state index in [4.69, 9.17) is 0 Å². The first kappa shape index (κ1) is 15.7. The number of benzene rings is 2. The van der Waals surface area contributed by atoms with Crippen LogP contribution in [0.5, 0.6) is 0 Å². The fourth-order valence-corrected chi connectivity index (χ4v) is 3.90. The first-order valence-corrected chi connectivity index (χ1v) is 9.81. The maximum absolute atomic E-state index is 2.32. The lowest BCUT2D eigenvalue weighted by Crippen LogP contribution is -2.07. The van der Waals surface area contributed by atoms with Crippen molar-refractivity contribution in [1.82, 2.24) is 0 Å². The van der Waals surface area contributed by atoms with Gasteiger partial charge in [-0.2, -0.15) is 0 Å². The average Bonchev–Trinajstić information content (AvgIpc) is 2.61. The van der Waals surface area contributed by atoms with Crippen LogP contribution >= 0.6 is 11.8 Å². The molecule has 0 saturated heterocycles. The van der Waals surface area contributed by atoms with Crippen LogP contribution < -0.4 is 0 Å². The van der Waals surface area contributed by atoms with Crippen molar-refractivity contribution >= 4 is 11.8 Å². The van der Waals surface area contributed by atoms with E-state index >= 15 is 0 Å². The maximum atomic E-state index is 2.32. The minimum absolute atomic E-state index is 0.979. The van der Waals surface area contributed by atoms with Crippen LogP contribution in [-0.4, -0.2) is 6.26 Å². The first-order chi connectivity index (χ1) is 10.8. The van der Waals surface area contributed by atoms with Gasteiger partial charge in [0.05, 0.1) is 0 Å². The largest absolute Gasteiger partial charge is 0.130 e. The summed E-state index contributed by atoms with van der Waals surface area (Å²) >= 11 is 1.80. The number of hydrogen-bond acceptors (Lipinski definition) is 1. The summed E-state index contributed by atoms with van der Waals surface area (Å²) < 4.78 is 0. The van der Waals surface area contributed by atoms with Crippen LogP contribution in [0.25, 0.3) is 11.1 Å². The third-order valence-electron chi connectivity index (χ3n) is 4.94. The van der Waals surface area contributed by atoms with Crippen LogP contribution in [0.1, 0.15) is 44.1 Å². The second-order valence-corrected chi connectivity index (χ2v) is 7.35. The second-order valence-electron chi connectivity index (χ2n) is 6.47. The van der Waals surface area contributed by atoms with Crippen LogP contribution in [-0.2, 0) is 6.42 Å². The van der Waals surface area contributed by atoms with E-state index in [9.17, 15) is 0 Å². The summed E-state index contributed by atoms with van der Waals surface area (Å²) in [5.74, 6) is 0.979. The molecular weight excluding hydrogens is 284 g/mol. The van der Waals surface area contributed by atoms with Gasteiger partial charge in [0, 0.05) is 4.90 Å². The molecule has 0 aromatic heterocycles. The minimum Gasteiger partial charge on any atom is -0.130 e. The van der Waals surface area contributed by atoms with Gasteiger partial charge in [0.25, 0.3) is 0 Å². The van der Waals surface area contributed by atoms with Crippen LogP contribution in [0.15, 0.2) is 53.4 Å². The first-order valence-electron chi connectivity index (χ1n) is 8.58. The third kappa shape index (κ3) is 4.16. The summed E-state index contributed by atoms with van der Waals surface area (Å²) in [5, 5.41) is 0. The Morgan fingerprint density at radius 3 is 2.00 bits per heavy atom. The van der Waals surface area contributed by atoms with Gasteiger partial charge in [0.1, 0.15) is 0 Å². The van der Waals surface area contributed by atoms with E-state index in [1.165, 1.54) is 66.5 Å². The molecule has 0 spiro atoms. The maximum Gasteiger partial charge on any atom is 0.00695 e. The highest BCUT2D eigenvalue weighted by Crippen LogP contribution is 2.28. The molecule has 1 fully saturated rings. The van der Waals surface area contributed by atoms with Gasteiger partial charge in [-0.25, -0.2) is 0 Å². The zero-order chi connectivity index (χ0) is 15.2. The molecule has 1 saturated carbocycles. The Morgan fingerprint density at radius 2 is 1.41 bits per heavy atom. The van der Waals surface area contributed by atoms with E-state index in [0.29, 0.717) is 0 Å². The Labute approximate surface area is 139 Å². The smallest absolute Gasteiger partial charge is 0.00695 e. The van der Waals surface area contributed by atoms with Crippen molar-refractivity contribution in [3.63, 3.8) is 0 Å². The predicted octanol–water partition coefficient (Wildman–Crippen LogP) is 6.59. The molecule has 0 bridgehead atoms. The van der Waals surface area contributed by atoms with Gasteiger partial charge in [0.15, 0.2) is 0 Å². The lowest BCUT2D eigenvalue weighted by Gasteiger charge is -2.21. The van der Waals surface area contributed by atoms with Gasteiger partial charge < -0.3 is 0 Å². The van der Waals surface area contributed by atoms with Crippen LogP contribution in [0.2, 0.25) is 0 Å². The van der Waals surface area contributed by atoms with Crippen molar-refractivity contribution in [2.75, 3.05) is 6.26 Å². The van der Waals surface area contributed by atoms with Gasteiger partial charge in [-0.15, -0.1) is 11.8 Å². The van der Waals surface area contributed by atoms with Gasteiger partial charge in [-0.05, 0) is 53.8 Å². The van der Waals surface area contributed by atoms with E-state index in [2.05, 4.69) is 54.8 Å². The van der Waals surface area contributed by atoms with Crippen molar-refractivity contribution < 1.29 is 0 Å². The van der Waals surface area contributed by atoms with E-state index in [0.717, 1.165) is 5.92 Å². The average molecular weight is 311 g/mol. The lowest BCUT2D eigenvalue weighted by atomic mass is 9.85. The number of aryl methyl sites for hydroxylation is 1. The van der Waals surface area contributed by atoms with Crippen molar-refractivity contribution in [2.24, 2.45) is 5.92 Å². The highest BCUT2D eigenvalue weighted by molar-refractivity contribution is 7.98. The highest BCUT2D eigenvalue weighted by Gasteiger charge is 2.12.